The molecule has 0 bridgehead atoms. The maximum Gasteiger partial charge on any atom is 0.255 e. The number of rotatable bonds is 2. The molecule has 1 fully saturated rings. The zero-order valence-corrected chi connectivity index (χ0v) is 10.0. The second kappa shape index (κ2) is 4.10. The number of carbonyl (C=O) groups is 1. The molecule has 1 saturated carbocycles. The Kier molecular flexibility index (Phi) is 2.98. The van der Waals surface area contributed by atoms with Crippen molar-refractivity contribution in [3.05, 3.63) is 33.0 Å². The first-order valence-electron chi connectivity index (χ1n) is 4.53. The molecule has 0 unspecified atom stereocenters. The first kappa shape index (κ1) is 10.9. The predicted molar refractivity (Wildman–Crippen MR) is 59.6 cm³/mol. The van der Waals surface area contributed by atoms with Crippen LogP contribution >= 0.6 is 27.5 Å². The van der Waals surface area contributed by atoms with Crippen LogP contribution in [-0.4, -0.2) is 11.9 Å². The lowest BCUT2D eigenvalue weighted by molar-refractivity contribution is 0.0947. The van der Waals surface area contributed by atoms with E-state index < -0.39 is 11.7 Å². The van der Waals surface area contributed by atoms with Crippen molar-refractivity contribution in [2.24, 2.45) is 0 Å². The smallest absolute Gasteiger partial charge is 0.255 e. The Labute approximate surface area is 99.9 Å². The van der Waals surface area contributed by atoms with Gasteiger partial charge in [0.2, 0.25) is 0 Å². The van der Waals surface area contributed by atoms with Crippen molar-refractivity contribution in [1.82, 2.24) is 5.32 Å². The fraction of sp³-hybridized carbons (Fsp3) is 0.300. The van der Waals surface area contributed by atoms with Crippen LogP contribution in [0.25, 0.3) is 0 Å². The van der Waals surface area contributed by atoms with Crippen molar-refractivity contribution in [1.29, 1.82) is 0 Å². The van der Waals surface area contributed by atoms with Gasteiger partial charge in [0.15, 0.2) is 0 Å². The molecule has 1 amide bonds. The van der Waals surface area contributed by atoms with Gasteiger partial charge in [-0.3, -0.25) is 4.79 Å². The van der Waals surface area contributed by atoms with Gasteiger partial charge in [-0.2, -0.15) is 0 Å². The van der Waals surface area contributed by atoms with Gasteiger partial charge in [0.25, 0.3) is 5.91 Å². The highest BCUT2D eigenvalue weighted by atomic mass is 79.9. The van der Waals surface area contributed by atoms with Crippen molar-refractivity contribution in [2.75, 3.05) is 0 Å². The van der Waals surface area contributed by atoms with Crippen LogP contribution in [0.15, 0.2) is 16.6 Å². The molecule has 0 radical (unpaired) electrons. The summed E-state index contributed by atoms with van der Waals surface area (Å²) in [6.45, 7) is 0. The average molecular weight is 293 g/mol. The van der Waals surface area contributed by atoms with E-state index >= 15 is 0 Å². The van der Waals surface area contributed by atoms with E-state index in [1.165, 1.54) is 12.1 Å². The normalized spacial score (nSPS) is 15.1. The molecule has 1 aromatic carbocycles. The SMILES string of the molecule is O=C(NC1CC1)c1c(F)cc(Br)cc1Cl. The lowest BCUT2D eigenvalue weighted by atomic mass is 10.2. The number of nitrogens with one attached hydrogen (secondary N) is 1. The lowest BCUT2D eigenvalue weighted by Gasteiger charge is -2.07. The van der Waals surface area contributed by atoms with Gasteiger partial charge in [-0.25, -0.2) is 4.39 Å². The molecular weight excluding hydrogens is 284 g/mol. The Hall–Kier alpha value is -0.610. The van der Waals surface area contributed by atoms with E-state index in [1.807, 2.05) is 0 Å². The molecule has 2 rings (SSSR count). The summed E-state index contributed by atoms with van der Waals surface area (Å²) in [4.78, 5) is 11.6. The van der Waals surface area contributed by atoms with Gasteiger partial charge in [-0.1, -0.05) is 27.5 Å². The summed E-state index contributed by atoms with van der Waals surface area (Å²) in [5.41, 5.74) is -0.0771. The van der Waals surface area contributed by atoms with Crippen molar-refractivity contribution in [3.8, 4) is 0 Å². The number of benzene rings is 1. The van der Waals surface area contributed by atoms with E-state index in [4.69, 9.17) is 11.6 Å². The zero-order valence-electron chi connectivity index (χ0n) is 7.69. The number of carbonyl (C=O) groups excluding carboxylic acids is 1. The minimum Gasteiger partial charge on any atom is -0.349 e. The van der Waals surface area contributed by atoms with Gasteiger partial charge in [0.1, 0.15) is 5.82 Å². The molecule has 1 aromatic rings. The Morgan fingerprint density at radius 3 is 2.73 bits per heavy atom. The van der Waals surface area contributed by atoms with Gasteiger partial charge in [0, 0.05) is 10.5 Å². The number of halogens is 3. The topological polar surface area (TPSA) is 29.1 Å². The molecule has 0 spiro atoms. The number of hydrogen-bond donors (Lipinski definition) is 1. The molecule has 15 heavy (non-hydrogen) atoms. The van der Waals surface area contributed by atoms with Crippen LogP contribution in [0.2, 0.25) is 5.02 Å². The molecule has 1 aliphatic carbocycles. The Morgan fingerprint density at radius 2 is 2.20 bits per heavy atom. The summed E-state index contributed by atoms with van der Waals surface area (Å²) in [5, 5.41) is 2.82. The third-order valence-corrected chi connectivity index (χ3v) is 2.90. The summed E-state index contributed by atoms with van der Waals surface area (Å²) in [7, 11) is 0. The Morgan fingerprint density at radius 1 is 1.53 bits per heavy atom. The van der Waals surface area contributed by atoms with Gasteiger partial charge in [-0.15, -0.1) is 0 Å². The lowest BCUT2D eigenvalue weighted by Crippen LogP contribution is -2.26. The highest BCUT2D eigenvalue weighted by Gasteiger charge is 2.26. The first-order valence-corrected chi connectivity index (χ1v) is 5.70. The minimum atomic E-state index is -0.604. The molecule has 2 nitrogen and oxygen atoms in total. The molecule has 1 aliphatic rings. The molecule has 0 aromatic heterocycles. The van der Waals surface area contributed by atoms with Gasteiger partial charge in [0.05, 0.1) is 10.6 Å². The fourth-order valence-corrected chi connectivity index (χ4v) is 2.10. The molecule has 0 heterocycles. The maximum absolute atomic E-state index is 13.5. The highest BCUT2D eigenvalue weighted by molar-refractivity contribution is 9.10. The Bertz CT molecular complexity index is 397. The monoisotopic (exact) mass is 291 g/mol. The van der Waals surface area contributed by atoms with Crippen LogP contribution < -0.4 is 5.32 Å². The van der Waals surface area contributed by atoms with E-state index in [0.29, 0.717) is 4.47 Å². The average Bonchev–Trinajstić information content (AvgIpc) is 2.85. The molecule has 0 atom stereocenters. The molecule has 80 valence electrons. The third kappa shape index (κ3) is 2.49. The summed E-state index contributed by atoms with van der Waals surface area (Å²) in [6, 6.07) is 2.93. The maximum atomic E-state index is 13.5. The number of hydrogen-bond acceptors (Lipinski definition) is 1. The summed E-state index contributed by atoms with van der Waals surface area (Å²) < 4.78 is 14.0. The van der Waals surface area contributed by atoms with Crippen molar-refractivity contribution < 1.29 is 9.18 Å². The molecule has 5 heteroatoms. The van der Waals surface area contributed by atoms with Crippen molar-refractivity contribution in [3.63, 3.8) is 0 Å². The Balaban J connectivity index is 2.29. The van der Waals surface area contributed by atoms with E-state index in [2.05, 4.69) is 21.2 Å². The first-order chi connectivity index (χ1) is 7.08. The van der Waals surface area contributed by atoms with Gasteiger partial charge >= 0.3 is 0 Å². The minimum absolute atomic E-state index is 0.0771. The standard InChI is InChI=1S/C10H8BrClFNO/c11-5-3-7(12)9(8(13)4-5)10(15)14-6-1-2-6/h3-4,6H,1-2H2,(H,14,15). The van der Waals surface area contributed by atoms with Crippen LogP contribution in [-0.2, 0) is 0 Å². The molecular formula is C10H8BrClFNO. The van der Waals surface area contributed by atoms with Gasteiger partial charge < -0.3 is 5.32 Å². The van der Waals surface area contributed by atoms with E-state index in [9.17, 15) is 9.18 Å². The molecule has 1 N–H and O–H groups in total. The van der Waals surface area contributed by atoms with Crippen LogP contribution in [0.4, 0.5) is 4.39 Å². The van der Waals surface area contributed by atoms with Crippen LogP contribution in [0.5, 0.6) is 0 Å². The quantitative estimate of drug-likeness (QED) is 0.891. The highest BCUT2D eigenvalue weighted by Crippen LogP contribution is 2.26. The predicted octanol–water partition coefficient (Wildman–Crippen LogP) is 3.13. The zero-order chi connectivity index (χ0) is 11.0. The largest absolute Gasteiger partial charge is 0.349 e. The van der Waals surface area contributed by atoms with Crippen molar-refractivity contribution >= 4 is 33.4 Å². The molecule has 0 aliphatic heterocycles. The van der Waals surface area contributed by atoms with Gasteiger partial charge in [-0.05, 0) is 25.0 Å². The second-order valence-electron chi connectivity index (χ2n) is 3.49. The summed E-state index contributed by atoms with van der Waals surface area (Å²) in [5.74, 6) is -1.04. The molecule has 0 saturated heterocycles. The fourth-order valence-electron chi connectivity index (χ4n) is 1.24. The summed E-state index contributed by atoms with van der Waals surface area (Å²) in [6.07, 6.45) is 1.92. The number of amides is 1. The van der Waals surface area contributed by atoms with E-state index in [0.717, 1.165) is 12.8 Å². The van der Waals surface area contributed by atoms with Crippen molar-refractivity contribution in [2.45, 2.75) is 18.9 Å². The third-order valence-electron chi connectivity index (χ3n) is 2.15. The van der Waals surface area contributed by atoms with Crippen LogP contribution in [0.3, 0.4) is 0 Å². The summed E-state index contributed by atoms with van der Waals surface area (Å²) >= 11 is 8.91. The second-order valence-corrected chi connectivity index (χ2v) is 4.82. The van der Waals surface area contributed by atoms with Crippen LogP contribution in [0, 0.1) is 5.82 Å². The van der Waals surface area contributed by atoms with Crippen LogP contribution in [0.1, 0.15) is 23.2 Å². The van der Waals surface area contributed by atoms with E-state index in [-0.39, 0.29) is 16.6 Å². The van der Waals surface area contributed by atoms with E-state index in [1.54, 1.807) is 0 Å².